The molecule has 0 fully saturated rings. The van der Waals surface area contributed by atoms with Gasteiger partial charge in [0.25, 0.3) is 0 Å². The fourth-order valence-electron chi connectivity index (χ4n) is 1.93. The molecule has 0 nitrogen and oxygen atoms in total. The Morgan fingerprint density at radius 2 is 1.52 bits per heavy atom. The molecule has 0 spiro atoms. The highest BCUT2D eigenvalue weighted by molar-refractivity contribution is 5.83. The predicted octanol–water partition coefficient (Wildman–Crippen LogP) is 7.44. The largest absolute Gasteiger partial charge is 0.0952 e. The van der Waals surface area contributed by atoms with Crippen LogP contribution in [0.4, 0.5) is 0 Å². The van der Waals surface area contributed by atoms with E-state index in [4.69, 9.17) is 0 Å². The van der Waals surface area contributed by atoms with Crippen molar-refractivity contribution in [1.29, 1.82) is 0 Å². The predicted molar refractivity (Wildman–Crippen MR) is 101 cm³/mol. The third kappa shape index (κ3) is 7.70. The molecule has 1 rings (SSSR count). The van der Waals surface area contributed by atoms with Crippen LogP contribution in [0.25, 0.3) is 5.57 Å². The highest BCUT2D eigenvalue weighted by Gasteiger charge is 2.08. The van der Waals surface area contributed by atoms with E-state index in [2.05, 4.69) is 69.8 Å². The smallest absolute Gasteiger partial charge is 0.0155 e. The van der Waals surface area contributed by atoms with Gasteiger partial charge in [0.15, 0.2) is 0 Å². The summed E-state index contributed by atoms with van der Waals surface area (Å²) in [4.78, 5) is 0. The van der Waals surface area contributed by atoms with E-state index in [1.165, 1.54) is 22.3 Å². The normalized spacial score (nSPS) is 10.8. The Morgan fingerprint density at radius 3 is 1.90 bits per heavy atom. The Labute approximate surface area is 133 Å². The maximum absolute atomic E-state index is 4.18. The maximum atomic E-state index is 4.18. The van der Waals surface area contributed by atoms with Crippen LogP contribution >= 0.6 is 0 Å². The molecule has 0 heteroatoms. The van der Waals surface area contributed by atoms with Gasteiger partial charge in [0.05, 0.1) is 0 Å². The molecule has 1 aromatic carbocycles. The summed E-state index contributed by atoms with van der Waals surface area (Å²) in [6, 6.07) is 10.5. The molecular formula is C21H34. The average molecular weight is 287 g/mol. The minimum Gasteiger partial charge on any atom is -0.0952 e. The summed E-state index contributed by atoms with van der Waals surface area (Å²) in [6.07, 6.45) is 6.49. The molecule has 0 atom stereocenters. The van der Waals surface area contributed by atoms with E-state index in [1.807, 2.05) is 27.7 Å². The third-order valence-corrected chi connectivity index (χ3v) is 2.88. The van der Waals surface area contributed by atoms with E-state index >= 15 is 0 Å². The lowest BCUT2D eigenvalue weighted by Crippen LogP contribution is -1.93. The molecule has 1 aromatic rings. The van der Waals surface area contributed by atoms with Crippen molar-refractivity contribution in [2.75, 3.05) is 0 Å². The Hall–Kier alpha value is -1.56. The van der Waals surface area contributed by atoms with Crippen molar-refractivity contribution < 1.29 is 0 Å². The van der Waals surface area contributed by atoms with Gasteiger partial charge in [-0.15, -0.1) is 0 Å². The van der Waals surface area contributed by atoms with Gasteiger partial charge >= 0.3 is 0 Å². The third-order valence-electron chi connectivity index (χ3n) is 2.88. The van der Waals surface area contributed by atoms with E-state index in [0.29, 0.717) is 0 Å². The van der Waals surface area contributed by atoms with Gasteiger partial charge in [-0.05, 0) is 42.0 Å². The SMILES string of the molecule is C=C(CC)C(=C/CC)/C(=C\C)c1ccccc1.CC.CC. The van der Waals surface area contributed by atoms with Crippen molar-refractivity contribution in [3.8, 4) is 0 Å². The average Bonchev–Trinajstić information content (AvgIpc) is 2.58. The molecule has 0 aliphatic rings. The Kier molecular flexibility index (Phi) is 15.4. The van der Waals surface area contributed by atoms with Crippen molar-refractivity contribution in [1.82, 2.24) is 0 Å². The lowest BCUT2D eigenvalue weighted by molar-refractivity contribution is 1.11. The van der Waals surface area contributed by atoms with E-state index in [1.54, 1.807) is 0 Å². The van der Waals surface area contributed by atoms with Crippen LogP contribution in [0.3, 0.4) is 0 Å². The first-order chi connectivity index (χ1) is 10.2. The van der Waals surface area contributed by atoms with Crippen LogP contribution in [-0.4, -0.2) is 0 Å². The Bertz CT molecular complexity index is 419. The summed E-state index contributed by atoms with van der Waals surface area (Å²) in [5, 5.41) is 0. The van der Waals surface area contributed by atoms with Gasteiger partial charge in [0.2, 0.25) is 0 Å². The standard InChI is InChI=1S/C17H22.2C2H6/c1-5-11-17(14(4)6-2)16(7-3)15-12-9-8-10-13-15;2*1-2/h7-13H,4-6H2,1-3H3;2*1-2H3/b16-7-,17-11-;;. The van der Waals surface area contributed by atoms with E-state index < -0.39 is 0 Å². The van der Waals surface area contributed by atoms with Gasteiger partial charge in [-0.1, -0.05) is 90.6 Å². The van der Waals surface area contributed by atoms with Crippen LogP contribution in [0.5, 0.6) is 0 Å². The fraction of sp³-hybridized carbons (Fsp3) is 0.429. The zero-order chi connectivity index (χ0) is 16.7. The zero-order valence-corrected chi connectivity index (χ0v) is 15.2. The van der Waals surface area contributed by atoms with E-state index in [9.17, 15) is 0 Å². The van der Waals surface area contributed by atoms with Crippen LogP contribution in [0.2, 0.25) is 0 Å². The van der Waals surface area contributed by atoms with Crippen molar-refractivity contribution in [3.63, 3.8) is 0 Å². The van der Waals surface area contributed by atoms with Gasteiger partial charge in [-0.25, -0.2) is 0 Å². The topological polar surface area (TPSA) is 0 Å². The summed E-state index contributed by atoms with van der Waals surface area (Å²) in [5.41, 5.74) is 5.07. The van der Waals surface area contributed by atoms with Crippen LogP contribution in [0.1, 0.15) is 66.9 Å². The lowest BCUT2D eigenvalue weighted by atomic mass is 9.91. The van der Waals surface area contributed by atoms with Crippen molar-refractivity contribution in [2.45, 2.75) is 61.3 Å². The second-order valence-corrected chi connectivity index (χ2v) is 4.05. The zero-order valence-electron chi connectivity index (χ0n) is 15.2. The van der Waals surface area contributed by atoms with Gasteiger partial charge in [-0.2, -0.15) is 0 Å². The first-order valence-corrected chi connectivity index (χ1v) is 8.34. The fourth-order valence-corrected chi connectivity index (χ4v) is 1.93. The highest BCUT2D eigenvalue weighted by Crippen LogP contribution is 2.29. The minimum absolute atomic E-state index is 0.996. The molecule has 0 bridgehead atoms. The van der Waals surface area contributed by atoms with E-state index in [0.717, 1.165) is 12.8 Å². The first kappa shape index (κ1) is 21.7. The molecule has 0 N–H and O–H groups in total. The Balaban J connectivity index is 0. The molecule has 0 radical (unpaired) electrons. The number of hydrogen-bond donors (Lipinski definition) is 0. The van der Waals surface area contributed by atoms with Crippen molar-refractivity contribution >= 4 is 5.57 Å². The molecule has 0 aliphatic carbocycles. The molecule has 0 saturated heterocycles. The van der Waals surface area contributed by atoms with Crippen LogP contribution in [-0.2, 0) is 0 Å². The van der Waals surface area contributed by atoms with Crippen LogP contribution in [0, 0.1) is 0 Å². The van der Waals surface area contributed by atoms with Gasteiger partial charge in [0.1, 0.15) is 0 Å². The number of allylic oxidation sites excluding steroid dienone is 5. The molecule has 0 heterocycles. The second-order valence-electron chi connectivity index (χ2n) is 4.05. The van der Waals surface area contributed by atoms with E-state index in [-0.39, 0.29) is 0 Å². The molecular weight excluding hydrogens is 252 g/mol. The molecule has 118 valence electrons. The number of rotatable bonds is 5. The van der Waals surface area contributed by atoms with Crippen molar-refractivity contribution in [2.24, 2.45) is 0 Å². The monoisotopic (exact) mass is 286 g/mol. The van der Waals surface area contributed by atoms with Crippen LogP contribution < -0.4 is 0 Å². The second kappa shape index (κ2) is 14.8. The summed E-state index contributed by atoms with van der Waals surface area (Å²) < 4.78 is 0. The quantitative estimate of drug-likeness (QED) is 0.493. The highest BCUT2D eigenvalue weighted by atomic mass is 14.1. The lowest BCUT2D eigenvalue weighted by Gasteiger charge is -2.14. The molecule has 0 aromatic heterocycles. The number of benzene rings is 1. The summed E-state index contributed by atoms with van der Waals surface area (Å²) in [5.74, 6) is 0. The van der Waals surface area contributed by atoms with Crippen molar-refractivity contribution in [3.05, 3.63) is 65.8 Å². The first-order valence-electron chi connectivity index (χ1n) is 8.34. The molecule has 0 aliphatic heterocycles. The Morgan fingerprint density at radius 1 is 1.00 bits per heavy atom. The van der Waals surface area contributed by atoms with Crippen LogP contribution in [0.15, 0.2) is 60.2 Å². The van der Waals surface area contributed by atoms with Gasteiger partial charge in [0, 0.05) is 0 Å². The molecule has 0 unspecified atom stereocenters. The molecule has 0 amide bonds. The molecule has 21 heavy (non-hydrogen) atoms. The summed E-state index contributed by atoms with van der Waals surface area (Å²) >= 11 is 0. The van der Waals surface area contributed by atoms with Gasteiger partial charge < -0.3 is 0 Å². The minimum atomic E-state index is 0.996. The summed E-state index contributed by atoms with van der Waals surface area (Å²) in [7, 11) is 0. The number of hydrogen-bond acceptors (Lipinski definition) is 0. The summed E-state index contributed by atoms with van der Waals surface area (Å²) in [6.45, 7) is 18.6. The van der Waals surface area contributed by atoms with Gasteiger partial charge in [-0.3, -0.25) is 0 Å². The maximum Gasteiger partial charge on any atom is -0.0155 e. The molecule has 0 saturated carbocycles.